The van der Waals surface area contributed by atoms with Gasteiger partial charge in [-0.05, 0) is 29.9 Å². The van der Waals surface area contributed by atoms with Gasteiger partial charge in [-0.2, -0.15) is 11.8 Å². The second-order valence-corrected chi connectivity index (χ2v) is 8.24. The van der Waals surface area contributed by atoms with Crippen molar-refractivity contribution in [2.75, 3.05) is 23.8 Å². The van der Waals surface area contributed by atoms with Crippen LogP contribution in [0.5, 0.6) is 0 Å². The molecule has 0 spiro atoms. The van der Waals surface area contributed by atoms with Gasteiger partial charge >= 0.3 is 0 Å². The summed E-state index contributed by atoms with van der Waals surface area (Å²) in [6, 6.07) is 6.08. The third-order valence-electron chi connectivity index (χ3n) is 4.01. The Labute approximate surface area is 162 Å². The molecule has 2 rings (SSSR count). The van der Waals surface area contributed by atoms with Crippen molar-refractivity contribution >= 4 is 35.0 Å². The number of unbranched alkanes of at least 4 members (excludes halogenated alkanes) is 1. The molecule has 0 radical (unpaired) electrons. The quantitative estimate of drug-likeness (QED) is 0.352. The molecule has 26 heavy (non-hydrogen) atoms. The van der Waals surface area contributed by atoms with Gasteiger partial charge in [-0.15, -0.1) is 0 Å². The summed E-state index contributed by atoms with van der Waals surface area (Å²) in [5.41, 5.74) is 0.865. The van der Waals surface area contributed by atoms with E-state index in [-0.39, 0.29) is 17.1 Å². The number of halogens is 1. The zero-order chi connectivity index (χ0) is 18.8. The van der Waals surface area contributed by atoms with Crippen LogP contribution in [0.4, 0.5) is 9.18 Å². The van der Waals surface area contributed by atoms with Gasteiger partial charge in [0.05, 0.1) is 12.1 Å². The SMILES string of the molecule is O=CCCCSCCN1C(=O)SC[C@@H]1/C=C/[C@@H](O)Cc1ccc(F)cc1. The Balaban J connectivity index is 1.78. The molecule has 1 aromatic carbocycles. The van der Waals surface area contributed by atoms with E-state index in [9.17, 15) is 19.1 Å². The summed E-state index contributed by atoms with van der Waals surface area (Å²) < 4.78 is 12.9. The van der Waals surface area contributed by atoms with Crippen molar-refractivity contribution in [2.45, 2.75) is 31.4 Å². The number of aldehydes is 1. The molecule has 1 N–H and O–H groups in total. The van der Waals surface area contributed by atoms with Crippen LogP contribution in [0.15, 0.2) is 36.4 Å². The highest BCUT2D eigenvalue weighted by Crippen LogP contribution is 2.25. The first-order valence-electron chi connectivity index (χ1n) is 8.65. The monoisotopic (exact) mass is 397 g/mol. The lowest BCUT2D eigenvalue weighted by Crippen LogP contribution is -2.34. The summed E-state index contributed by atoms with van der Waals surface area (Å²) in [5, 5.41) is 10.2. The zero-order valence-electron chi connectivity index (χ0n) is 14.6. The lowest BCUT2D eigenvalue weighted by molar-refractivity contribution is -0.107. The summed E-state index contributed by atoms with van der Waals surface area (Å²) in [6.07, 6.45) is 5.75. The largest absolute Gasteiger partial charge is 0.389 e. The van der Waals surface area contributed by atoms with Crippen LogP contribution in [0.25, 0.3) is 0 Å². The number of aliphatic hydroxyl groups excluding tert-OH is 1. The van der Waals surface area contributed by atoms with Crippen molar-refractivity contribution in [2.24, 2.45) is 0 Å². The first-order valence-corrected chi connectivity index (χ1v) is 10.8. The molecule has 1 aromatic rings. The second-order valence-electron chi connectivity index (χ2n) is 6.04. The number of carbonyl (C=O) groups excluding carboxylic acids is 2. The number of carbonyl (C=O) groups is 2. The van der Waals surface area contributed by atoms with E-state index in [4.69, 9.17) is 0 Å². The Morgan fingerprint density at radius 3 is 2.85 bits per heavy atom. The number of rotatable bonds is 11. The van der Waals surface area contributed by atoms with Gasteiger partial charge < -0.3 is 14.8 Å². The van der Waals surface area contributed by atoms with Crippen LogP contribution >= 0.6 is 23.5 Å². The van der Waals surface area contributed by atoms with E-state index in [0.29, 0.717) is 25.1 Å². The summed E-state index contributed by atoms with van der Waals surface area (Å²) in [4.78, 5) is 24.1. The van der Waals surface area contributed by atoms with Crippen molar-refractivity contribution in [3.8, 4) is 0 Å². The van der Waals surface area contributed by atoms with E-state index in [1.54, 1.807) is 30.0 Å². The first-order chi connectivity index (χ1) is 12.6. The molecule has 7 heteroatoms. The number of hydrogen-bond donors (Lipinski definition) is 1. The Kier molecular flexibility index (Phi) is 9.22. The van der Waals surface area contributed by atoms with Crippen molar-refractivity contribution in [3.63, 3.8) is 0 Å². The normalized spacial score (nSPS) is 18.6. The standard InChI is InChI=1S/C19H24FNO3S2/c20-16-5-3-15(4-6-16)13-18(23)8-7-17-14-26-19(24)21(17)9-12-25-11-2-1-10-22/h3-8,10,17-18,23H,1-2,9,11-14H2/b8-7+/t17-,18+/m0/s1. The molecule has 0 bridgehead atoms. The lowest BCUT2D eigenvalue weighted by atomic mass is 10.1. The maximum absolute atomic E-state index is 12.9. The molecule has 0 unspecified atom stereocenters. The lowest BCUT2D eigenvalue weighted by Gasteiger charge is -2.21. The van der Waals surface area contributed by atoms with Crippen LogP contribution in [-0.4, -0.2) is 57.5 Å². The predicted molar refractivity (Wildman–Crippen MR) is 106 cm³/mol. The Bertz CT molecular complexity index is 609. The van der Waals surface area contributed by atoms with Crippen molar-refractivity contribution in [1.29, 1.82) is 0 Å². The number of nitrogens with zero attached hydrogens (tertiary/aromatic N) is 1. The molecule has 1 saturated heterocycles. The summed E-state index contributed by atoms with van der Waals surface area (Å²) in [5.74, 6) is 2.16. The van der Waals surface area contributed by atoms with Crippen LogP contribution in [0.2, 0.25) is 0 Å². The molecule has 142 valence electrons. The molecule has 1 amide bonds. The molecule has 0 aliphatic carbocycles. The molecule has 0 aromatic heterocycles. The number of aliphatic hydroxyl groups is 1. The van der Waals surface area contributed by atoms with E-state index >= 15 is 0 Å². The summed E-state index contributed by atoms with van der Waals surface area (Å²) >= 11 is 3.04. The van der Waals surface area contributed by atoms with Crippen molar-refractivity contribution in [1.82, 2.24) is 4.90 Å². The van der Waals surface area contributed by atoms with Gasteiger partial charge in [-0.3, -0.25) is 4.79 Å². The Morgan fingerprint density at radius 1 is 1.35 bits per heavy atom. The topological polar surface area (TPSA) is 57.6 Å². The Hall–Kier alpha value is -1.31. The molecular formula is C19H24FNO3S2. The van der Waals surface area contributed by atoms with Gasteiger partial charge in [0, 0.05) is 30.9 Å². The number of thioether (sulfide) groups is 2. The second kappa shape index (κ2) is 11.4. The highest BCUT2D eigenvalue weighted by Gasteiger charge is 2.29. The average molecular weight is 398 g/mol. The van der Waals surface area contributed by atoms with E-state index in [1.165, 1.54) is 23.9 Å². The summed E-state index contributed by atoms with van der Waals surface area (Å²) in [6.45, 7) is 0.667. The molecule has 1 heterocycles. The van der Waals surface area contributed by atoms with Crippen LogP contribution in [-0.2, 0) is 11.2 Å². The van der Waals surface area contributed by atoms with Crippen LogP contribution in [0.3, 0.4) is 0 Å². The van der Waals surface area contributed by atoms with Crippen molar-refractivity contribution in [3.05, 3.63) is 47.8 Å². The maximum atomic E-state index is 12.9. The molecule has 0 saturated carbocycles. The van der Waals surface area contributed by atoms with E-state index < -0.39 is 6.10 Å². The fourth-order valence-corrected chi connectivity index (χ4v) is 4.50. The van der Waals surface area contributed by atoms with Gasteiger partial charge in [-0.25, -0.2) is 4.39 Å². The molecule has 1 fully saturated rings. The first kappa shape index (κ1) is 21.0. The minimum Gasteiger partial charge on any atom is -0.389 e. The smallest absolute Gasteiger partial charge is 0.282 e. The van der Waals surface area contributed by atoms with E-state index in [2.05, 4.69) is 0 Å². The number of benzene rings is 1. The van der Waals surface area contributed by atoms with Crippen LogP contribution < -0.4 is 0 Å². The van der Waals surface area contributed by atoms with Gasteiger partial charge in [-0.1, -0.05) is 36.0 Å². The number of hydrogen-bond acceptors (Lipinski definition) is 5. The van der Waals surface area contributed by atoms with E-state index in [0.717, 1.165) is 29.8 Å². The van der Waals surface area contributed by atoms with Crippen LogP contribution in [0.1, 0.15) is 18.4 Å². The highest BCUT2D eigenvalue weighted by atomic mass is 32.2. The van der Waals surface area contributed by atoms with Gasteiger partial charge in [0.1, 0.15) is 12.1 Å². The minimum absolute atomic E-state index is 0.00839. The van der Waals surface area contributed by atoms with Gasteiger partial charge in [0.15, 0.2) is 0 Å². The van der Waals surface area contributed by atoms with Crippen molar-refractivity contribution < 1.29 is 19.1 Å². The fraction of sp³-hybridized carbons (Fsp3) is 0.474. The third kappa shape index (κ3) is 7.13. The van der Waals surface area contributed by atoms with Gasteiger partial charge in [0.25, 0.3) is 5.24 Å². The molecular weight excluding hydrogens is 373 g/mol. The van der Waals surface area contributed by atoms with Crippen LogP contribution in [0, 0.1) is 5.82 Å². The maximum Gasteiger partial charge on any atom is 0.282 e. The number of amides is 1. The average Bonchev–Trinajstić information content (AvgIpc) is 2.98. The zero-order valence-corrected chi connectivity index (χ0v) is 16.2. The Morgan fingerprint density at radius 2 is 2.12 bits per heavy atom. The fourth-order valence-electron chi connectivity index (χ4n) is 2.60. The van der Waals surface area contributed by atoms with E-state index in [1.807, 2.05) is 11.0 Å². The third-order valence-corrected chi connectivity index (χ3v) is 6.05. The van der Waals surface area contributed by atoms with Gasteiger partial charge in [0.2, 0.25) is 0 Å². The highest BCUT2D eigenvalue weighted by molar-refractivity contribution is 8.13. The molecule has 1 aliphatic heterocycles. The molecule has 4 nitrogen and oxygen atoms in total. The molecule has 1 aliphatic rings. The molecule has 2 atom stereocenters. The predicted octanol–water partition coefficient (Wildman–Crippen LogP) is 3.54. The summed E-state index contributed by atoms with van der Waals surface area (Å²) in [7, 11) is 0. The minimum atomic E-state index is -0.666.